The van der Waals surface area contributed by atoms with Crippen molar-refractivity contribution < 1.29 is 4.79 Å². The van der Waals surface area contributed by atoms with Crippen LogP contribution >= 0.6 is 0 Å². The monoisotopic (exact) mass is 374 g/mol. The Morgan fingerprint density at radius 2 is 1.54 bits per heavy atom. The molecule has 0 unspecified atom stereocenters. The van der Waals surface area contributed by atoms with Crippen LogP contribution in [-0.2, 0) is 24.3 Å². The van der Waals surface area contributed by atoms with Gasteiger partial charge in [0.1, 0.15) is 0 Å². The second-order valence-corrected chi connectivity index (χ2v) is 7.77. The zero-order valence-electron chi connectivity index (χ0n) is 16.9. The van der Waals surface area contributed by atoms with Gasteiger partial charge in [0.15, 0.2) is 0 Å². The molecule has 0 radical (unpaired) electrons. The zero-order valence-corrected chi connectivity index (χ0v) is 16.9. The van der Waals surface area contributed by atoms with E-state index in [1.807, 2.05) is 29.2 Å². The summed E-state index contributed by atoms with van der Waals surface area (Å²) >= 11 is 0. The highest BCUT2D eigenvalue weighted by molar-refractivity contribution is 5.76. The minimum atomic E-state index is 0.227. The Balaban J connectivity index is 1.67. The summed E-state index contributed by atoms with van der Waals surface area (Å²) in [5, 5.41) is 0. The van der Waals surface area contributed by atoms with Crippen LogP contribution in [0.3, 0.4) is 0 Å². The summed E-state index contributed by atoms with van der Waals surface area (Å²) in [6.07, 6.45) is 3.44. The van der Waals surface area contributed by atoms with Crippen molar-refractivity contribution in [1.82, 2.24) is 9.47 Å². The van der Waals surface area contributed by atoms with E-state index < -0.39 is 0 Å². The van der Waals surface area contributed by atoms with Crippen molar-refractivity contribution >= 4 is 5.91 Å². The van der Waals surface area contributed by atoms with E-state index in [4.69, 9.17) is 0 Å². The summed E-state index contributed by atoms with van der Waals surface area (Å²) in [5.74, 6) is 0.670. The minimum absolute atomic E-state index is 0.227. The van der Waals surface area contributed by atoms with E-state index in [9.17, 15) is 4.79 Å². The molecule has 0 fully saturated rings. The van der Waals surface area contributed by atoms with Gasteiger partial charge < -0.3 is 9.47 Å². The minimum Gasteiger partial charge on any atom is -0.345 e. The molecule has 3 heteroatoms. The summed E-state index contributed by atoms with van der Waals surface area (Å²) in [7, 11) is 0. The average molecular weight is 375 g/mol. The van der Waals surface area contributed by atoms with Gasteiger partial charge in [0, 0.05) is 31.4 Å². The molecule has 3 aromatic rings. The van der Waals surface area contributed by atoms with Crippen LogP contribution in [0.1, 0.15) is 37.1 Å². The van der Waals surface area contributed by atoms with Crippen molar-refractivity contribution in [3.8, 4) is 0 Å². The van der Waals surface area contributed by atoms with Crippen molar-refractivity contribution in [2.45, 2.75) is 39.8 Å². The molecular weight excluding hydrogens is 344 g/mol. The molecule has 3 nitrogen and oxygen atoms in total. The molecule has 0 aliphatic carbocycles. The lowest BCUT2D eigenvalue weighted by molar-refractivity contribution is -0.132. The first-order chi connectivity index (χ1) is 13.6. The second kappa shape index (κ2) is 9.93. The predicted molar refractivity (Wildman–Crippen MR) is 115 cm³/mol. The first kappa shape index (κ1) is 19.9. The van der Waals surface area contributed by atoms with Crippen LogP contribution in [0.4, 0.5) is 0 Å². The molecule has 0 aliphatic rings. The fourth-order valence-electron chi connectivity index (χ4n) is 3.47. The molecule has 1 amide bonds. The molecule has 1 heterocycles. The van der Waals surface area contributed by atoms with Gasteiger partial charge in [-0.05, 0) is 35.6 Å². The Morgan fingerprint density at radius 3 is 2.18 bits per heavy atom. The largest absolute Gasteiger partial charge is 0.345 e. The van der Waals surface area contributed by atoms with E-state index in [1.165, 1.54) is 16.8 Å². The number of aryl methyl sites for hydroxylation is 1. The molecular formula is C25H30N2O. The van der Waals surface area contributed by atoms with E-state index in [-0.39, 0.29) is 5.91 Å². The Kier molecular flexibility index (Phi) is 7.07. The van der Waals surface area contributed by atoms with Crippen molar-refractivity contribution in [2.24, 2.45) is 5.92 Å². The molecule has 146 valence electrons. The molecule has 0 N–H and O–H groups in total. The van der Waals surface area contributed by atoms with Crippen LogP contribution in [0, 0.1) is 5.92 Å². The van der Waals surface area contributed by atoms with Crippen molar-refractivity contribution in [2.75, 3.05) is 6.54 Å². The van der Waals surface area contributed by atoms with Crippen LogP contribution in [0.2, 0.25) is 0 Å². The summed E-state index contributed by atoms with van der Waals surface area (Å²) in [5.41, 5.74) is 3.66. The molecule has 0 atom stereocenters. The van der Waals surface area contributed by atoms with E-state index in [0.717, 1.165) is 19.5 Å². The fourth-order valence-corrected chi connectivity index (χ4v) is 3.47. The maximum atomic E-state index is 13.0. The number of nitrogens with zero attached hydrogens (tertiary/aromatic N) is 2. The number of benzene rings is 2. The molecule has 3 rings (SSSR count). The zero-order chi connectivity index (χ0) is 19.8. The van der Waals surface area contributed by atoms with E-state index in [0.29, 0.717) is 18.9 Å². The maximum absolute atomic E-state index is 13.0. The lowest BCUT2D eigenvalue weighted by Gasteiger charge is -2.25. The molecule has 2 aromatic carbocycles. The molecule has 28 heavy (non-hydrogen) atoms. The SMILES string of the molecule is CC(C)CN(Cc1cccn1Cc1ccccc1)C(=O)CCc1ccccc1. The predicted octanol–water partition coefficient (Wildman–Crippen LogP) is 5.15. The average Bonchev–Trinajstić information content (AvgIpc) is 3.13. The van der Waals surface area contributed by atoms with Gasteiger partial charge in [0.25, 0.3) is 0 Å². The highest BCUT2D eigenvalue weighted by Gasteiger charge is 2.17. The van der Waals surface area contributed by atoms with Crippen LogP contribution in [0.5, 0.6) is 0 Å². The van der Waals surface area contributed by atoms with Crippen LogP contribution < -0.4 is 0 Å². The van der Waals surface area contributed by atoms with Crippen LogP contribution in [0.25, 0.3) is 0 Å². The van der Waals surface area contributed by atoms with E-state index >= 15 is 0 Å². The lowest BCUT2D eigenvalue weighted by Crippen LogP contribution is -2.34. The van der Waals surface area contributed by atoms with Gasteiger partial charge in [-0.2, -0.15) is 0 Å². The van der Waals surface area contributed by atoms with Crippen molar-refractivity contribution in [3.63, 3.8) is 0 Å². The normalized spacial score (nSPS) is 11.0. The van der Waals surface area contributed by atoms with Crippen molar-refractivity contribution in [3.05, 3.63) is 95.8 Å². The standard InChI is InChI=1S/C25H30N2O/c1-21(2)18-27(25(28)16-15-22-10-5-3-6-11-22)20-24-14-9-17-26(24)19-23-12-7-4-8-13-23/h3-14,17,21H,15-16,18-20H2,1-2H3. The number of hydrogen-bond acceptors (Lipinski definition) is 1. The maximum Gasteiger partial charge on any atom is 0.223 e. The number of rotatable bonds is 9. The summed E-state index contributed by atoms with van der Waals surface area (Å²) in [6.45, 7) is 6.60. The molecule has 0 spiro atoms. The highest BCUT2D eigenvalue weighted by atomic mass is 16.2. The first-order valence-electron chi connectivity index (χ1n) is 10.1. The summed E-state index contributed by atoms with van der Waals surface area (Å²) in [6, 6.07) is 24.9. The van der Waals surface area contributed by atoms with E-state index in [1.54, 1.807) is 0 Å². The number of carbonyl (C=O) groups excluding carboxylic acids is 1. The smallest absolute Gasteiger partial charge is 0.223 e. The third-order valence-corrected chi connectivity index (χ3v) is 4.88. The molecule has 0 bridgehead atoms. The molecule has 0 aliphatic heterocycles. The quantitative estimate of drug-likeness (QED) is 0.508. The topological polar surface area (TPSA) is 25.2 Å². The lowest BCUT2D eigenvalue weighted by atomic mass is 10.1. The second-order valence-electron chi connectivity index (χ2n) is 7.77. The first-order valence-corrected chi connectivity index (χ1v) is 10.1. The van der Waals surface area contributed by atoms with Gasteiger partial charge in [-0.25, -0.2) is 0 Å². The highest BCUT2D eigenvalue weighted by Crippen LogP contribution is 2.14. The van der Waals surface area contributed by atoms with E-state index in [2.05, 4.69) is 73.1 Å². The fraction of sp³-hybridized carbons (Fsp3) is 0.320. The summed E-state index contributed by atoms with van der Waals surface area (Å²) < 4.78 is 2.24. The van der Waals surface area contributed by atoms with Gasteiger partial charge >= 0.3 is 0 Å². The Hall–Kier alpha value is -2.81. The van der Waals surface area contributed by atoms with Crippen molar-refractivity contribution in [1.29, 1.82) is 0 Å². The van der Waals surface area contributed by atoms with Gasteiger partial charge in [0.2, 0.25) is 5.91 Å². The molecule has 0 saturated carbocycles. The number of hydrogen-bond donors (Lipinski definition) is 0. The molecule has 0 saturated heterocycles. The van der Waals surface area contributed by atoms with Gasteiger partial charge in [-0.15, -0.1) is 0 Å². The Labute approximate surface area is 168 Å². The third-order valence-electron chi connectivity index (χ3n) is 4.88. The van der Waals surface area contributed by atoms with Crippen LogP contribution in [0.15, 0.2) is 79.0 Å². The number of amides is 1. The third kappa shape index (κ3) is 5.85. The Morgan fingerprint density at radius 1 is 0.893 bits per heavy atom. The van der Waals surface area contributed by atoms with Gasteiger partial charge in [-0.3, -0.25) is 4.79 Å². The van der Waals surface area contributed by atoms with Gasteiger partial charge in [0.05, 0.1) is 6.54 Å². The molecule has 1 aromatic heterocycles. The number of carbonyl (C=O) groups is 1. The van der Waals surface area contributed by atoms with Gasteiger partial charge in [-0.1, -0.05) is 74.5 Å². The summed E-state index contributed by atoms with van der Waals surface area (Å²) in [4.78, 5) is 15.0. The van der Waals surface area contributed by atoms with Crippen LogP contribution in [-0.4, -0.2) is 21.9 Å². The number of aromatic nitrogens is 1. The Bertz CT molecular complexity index is 853.